The summed E-state index contributed by atoms with van der Waals surface area (Å²) >= 11 is 0. The number of fused-ring (bicyclic) bond motifs is 1. The topological polar surface area (TPSA) is 26.3 Å². The summed E-state index contributed by atoms with van der Waals surface area (Å²) in [5.74, 6) is -0.228. The zero-order chi connectivity index (χ0) is 16.8. The van der Waals surface area contributed by atoms with Crippen LogP contribution >= 0.6 is 0 Å². The molecule has 0 bridgehead atoms. The number of rotatable bonds is 6. The lowest BCUT2D eigenvalue weighted by atomic mass is 9.93. The summed E-state index contributed by atoms with van der Waals surface area (Å²) in [7, 11) is 0. The first-order chi connectivity index (χ1) is 11.8. The molecule has 2 nitrogen and oxygen atoms in total. The van der Waals surface area contributed by atoms with Gasteiger partial charge in [0.15, 0.2) is 0 Å². The first-order valence-electron chi connectivity index (χ1n) is 8.45. The van der Waals surface area contributed by atoms with Gasteiger partial charge in [-0.05, 0) is 34.7 Å². The molecule has 0 aliphatic carbocycles. The summed E-state index contributed by atoms with van der Waals surface area (Å²) in [6.45, 7) is 2.38. The fourth-order valence-corrected chi connectivity index (χ4v) is 2.98. The molecule has 0 amide bonds. The fourth-order valence-electron chi connectivity index (χ4n) is 2.98. The molecule has 0 radical (unpaired) electrons. The number of carbonyl (C=O) groups excluding carboxylic acids is 1. The molecule has 0 saturated heterocycles. The number of esters is 1. The van der Waals surface area contributed by atoms with Crippen molar-refractivity contribution < 1.29 is 9.53 Å². The average Bonchev–Trinajstić information content (AvgIpc) is 2.65. The van der Waals surface area contributed by atoms with Gasteiger partial charge >= 0.3 is 5.97 Å². The van der Waals surface area contributed by atoms with Crippen LogP contribution in [0.2, 0.25) is 0 Å². The molecule has 24 heavy (non-hydrogen) atoms. The maximum absolute atomic E-state index is 12.5. The molecule has 0 aliphatic rings. The molecule has 0 saturated carbocycles. The summed E-state index contributed by atoms with van der Waals surface area (Å²) < 4.78 is 5.53. The van der Waals surface area contributed by atoms with Gasteiger partial charge in [0.1, 0.15) is 6.61 Å². The van der Waals surface area contributed by atoms with Crippen molar-refractivity contribution in [1.29, 1.82) is 0 Å². The monoisotopic (exact) mass is 318 g/mol. The molecule has 0 N–H and O–H groups in total. The Hall–Kier alpha value is -2.61. The molecule has 3 aromatic rings. The van der Waals surface area contributed by atoms with E-state index in [9.17, 15) is 4.79 Å². The normalized spacial score (nSPS) is 12.0. The van der Waals surface area contributed by atoms with Crippen LogP contribution in [0.4, 0.5) is 0 Å². The van der Waals surface area contributed by atoms with Gasteiger partial charge in [-0.25, -0.2) is 0 Å². The number of carbonyl (C=O) groups is 1. The van der Waals surface area contributed by atoms with Crippen LogP contribution in [0.1, 0.15) is 24.5 Å². The van der Waals surface area contributed by atoms with Gasteiger partial charge in [0, 0.05) is 0 Å². The molecular formula is C22H22O2. The molecule has 122 valence electrons. The Bertz CT molecular complexity index is 803. The van der Waals surface area contributed by atoms with E-state index in [0.29, 0.717) is 13.0 Å². The second kappa shape index (κ2) is 7.78. The van der Waals surface area contributed by atoms with Crippen LogP contribution in [-0.4, -0.2) is 5.97 Å². The second-order valence-corrected chi connectivity index (χ2v) is 6.04. The third-order valence-electron chi connectivity index (χ3n) is 4.40. The lowest BCUT2D eigenvalue weighted by Crippen LogP contribution is -2.19. The van der Waals surface area contributed by atoms with Crippen molar-refractivity contribution in [2.75, 3.05) is 0 Å². The Morgan fingerprint density at radius 2 is 1.62 bits per heavy atom. The maximum Gasteiger partial charge on any atom is 0.309 e. The standard InChI is InChI=1S/C22H22O2/c1-2-18(22(23)24-16-17-9-4-3-5-10-17)15-20-13-8-12-19-11-6-7-14-21(19)20/h3-14,18H,2,15-16H2,1H3. The van der Waals surface area contributed by atoms with E-state index in [0.717, 1.165) is 12.0 Å². The van der Waals surface area contributed by atoms with E-state index >= 15 is 0 Å². The van der Waals surface area contributed by atoms with Crippen molar-refractivity contribution in [2.24, 2.45) is 5.92 Å². The van der Waals surface area contributed by atoms with Crippen molar-refractivity contribution >= 4 is 16.7 Å². The molecule has 3 rings (SSSR count). The van der Waals surface area contributed by atoms with E-state index in [1.54, 1.807) is 0 Å². The largest absolute Gasteiger partial charge is 0.461 e. The molecule has 1 atom stereocenters. The van der Waals surface area contributed by atoms with Crippen LogP contribution in [0, 0.1) is 5.92 Å². The van der Waals surface area contributed by atoms with E-state index in [2.05, 4.69) is 30.3 Å². The number of ether oxygens (including phenoxy) is 1. The molecule has 1 unspecified atom stereocenters. The number of benzene rings is 3. The molecular weight excluding hydrogens is 296 g/mol. The van der Waals surface area contributed by atoms with Gasteiger partial charge in [-0.3, -0.25) is 4.79 Å². The van der Waals surface area contributed by atoms with Crippen LogP contribution < -0.4 is 0 Å². The first-order valence-corrected chi connectivity index (χ1v) is 8.45. The smallest absolute Gasteiger partial charge is 0.309 e. The van der Waals surface area contributed by atoms with Gasteiger partial charge in [0.05, 0.1) is 5.92 Å². The van der Waals surface area contributed by atoms with Gasteiger partial charge in [-0.2, -0.15) is 0 Å². The summed E-state index contributed by atoms with van der Waals surface area (Å²) in [4.78, 5) is 12.5. The highest BCUT2D eigenvalue weighted by Crippen LogP contribution is 2.23. The SMILES string of the molecule is CCC(Cc1cccc2ccccc12)C(=O)OCc1ccccc1. The van der Waals surface area contributed by atoms with E-state index in [4.69, 9.17) is 4.74 Å². The van der Waals surface area contributed by atoms with Crippen molar-refractivity contribution in [3.63, 3.8) is 0 Å². The van der Waals surface area contributed by atoms with Crippen LogP contribution in [-0.2, 0) is 22.6 Å². The number of hydrogen-bond donors (Lipinski definition) is 0. The lowest BCUT2D eigenvalue weighted by molar-refractivity contribution is -0.150. The highest BCUT2D eigenvalue weighted by Gasteiger charge is 2.19. The van der Waals surface area contributed by atoms with Gasteiger partial charge in [-0.1, -0.05) is 79.7 Å². The zero-order valence-corrected chi connectivity index (χ0v) is 13.9. The van der Waals surface area contributed by atoms with Crippen molar-refractivity contribution in [2.45, 2.75) is 26.4 Å². The third kappa shape index (κ3) is 3.83. The molecule has 0 spiro atoms. The van der Waals surface area contributed by atoms with Gasteiger partial charge < -0.3 is 4.74 Å². The molecule has 0 heterocycles. The fraction of sp³-hybridized carbons (Fsp3) is 0.227. The van der Waals surface area contributed by atoms with Crippen molar-refractivity contribution in [3.05, 3.63) is 83.9 Å². The van der Waals surface area contributed by atoms with E-state index in [1.807, 2.05) is 49.4 Å². The predicted octanol–water partition coefficient (Wildman–Crippen LogP) is 5.15. The molecule has 0 aliphatic heterocycles. The summed E-state index contributed by atoms with van der Waals surface area (Å²) in [6, 6.07) is 24.4. The van der Waals surface area contributed by atoms with Crippen molar-refractivity contribution in [3.8, 4) is 0 Å². The van der Waals surface area contributed by atoms with E-state index < -0.39 is 0 Å². The minimum absolute atomic E-state index is 0.112. The molecule has 0 fully saturated rings. The van der Waals surface area contributed by atoms with Crippen LogP contribution in [0.25, 0.3) is 10.8 Å². The van der Waals surface area contributed by atoms with Gasteiger partial charge in [-0.15, -0.1) is 0 Å². The predicted molar refractivity (Wildman–Crippen MR) is 97.7 cm³/mol. The van der Waals surface area contributed by atoms with Gasteiger partial charge in [0.2, 0.25) is 0 Å². The van der Waals surface area contributed by atoms with Crippen molar-refractivity contribution in [1.82, 2.24) is 0 Å². The highest BCUT2D eigenvalue weighted by atomic mass is 16.5. The van der Waals surface area contributed by atoms with E-state index in [-0.39, 0.29) is 11.9 Å². The maximum atomic E-state index is 12.5. The Kier molecular flexibility index (Phi) is 5.27. The molecule has 3 aromatic carbocycles. The molecule has 0 aromatic heterocycles. The lowest BCUT2D eigenvalue weighted by Gasteiger charge is -2.15. The number of hydrogen-bond acceptors (Lipinski definition) is 2. The Morgan fingerprint density at radius 1 is 0.917 bits per heavy atom. The minimum Gasteiger partial charge on any atom is -0.461 e. The summed E-state index contributed by atoms with van der Waals surface area (Å²) in [5, 5.41) is 2.43. The third-order valence-corrected chi connectivity index (χ3v) is 4.40. The summed E-state index contributed by atoms with van der Waals surface area (Å²) in [5.41, 5.74) is 2.22. The average molecular weight is 318 g/mol. The quantitative estimate of drug-likeness (QED) is 0.587. The first kappa shape index (κ1) is 16.3. The van der Waals surface area contributed by atoms with Crippen LogP contribution in [0.3, 0.4) is 0 Å². The van der Waals surface area contributed by atoms with Crippen LogP contribution in [0.5, 0.6) is 0 Å². The second-order valence-electron chi connectivity index (χ2n) is 6.04. The minimum atomic E-state index is -0.116. The highest BCUT2D eigenvalue weighted by molar-refractivity contribution is 5.86. The molecule has 2 heteroatoms. The Balaban J connectivity index is 1.70. The Labute approximate surface area is 143 Å². The zero-order valence-electron chi connectivity index (χ0n) is 13.9. The summed E-state index contributed by atoms with van der Waals surface area (Å²) in [6.07, 6.45) is 1.49. The van der Waals surface area contributed by atoms with Crippen LogP contribution in [0.15, 0.2) is 72.8 Å². The van der Waals surface area contributed by atoms with E-state index in [1.165, 1.54) is 16.3 Å². The van der Waals surface area contributed by atoms with Gasteiger partial charge in [0.25, 0.3) is 0 Å². The Morgan fingerprint density at radius 3 is 2.42 bits per heavy atom.